The average Bonchev–Trinajstić information content (AvgIpc) is 2.79. The first-order valence-electron chi connectivity index (χ1n) is 7.34. The molecule has 3 rings (SSSR count). The van der Waals surface area contributed by atoms with Gasteiger partial charge in [-0.1, -0.05) is 37.3 Å². The van der Waals surface area contributed by atoms with Gasteiger partial charge in [-0.15, -0.1) is 0 Å². The lowest BCUT2D eigenvalue weighted by Gasteiger charge is -2.16. The highest BCUT2D eigenvalue weighted by atomic mass is 16.1. The zero-order valence-corrected chi connectivity index (χ0v) is 11.5. The molecule has 0 aliphatic heterocycles. The Morgan fingerprint density at radius 1 is 1.05 bits per heavy atom. The smallest absolute Gasteiger partial charge is 0.163 e. The van der Waals surface area contributed by atoms with Crippen molar-refractivity contribution in [3.8, 4) is 0 Å². The van der Waals surface area contributed by atoms with E-state index in [4.69, 9.17) is 0 Å². The molecule has 1 aromatic rings. The van der Waals surface area contributed by atoms with Crippen molar-refractivity contribution in [2.75, 3.05) is 0 Å². The molecule has 0 radical (unpaired) electrons. The van der Waals surface area contributed by atoms with E-state index in [0.717, 1.165) is 24.8 Å². The minimum absolute atomic E-state index is 0.381. The number of hydrogen-bond acceptors (Lipinski definition) is 1. The van der Waals surface area contributed by atoms with E-state index in [9.17, 15) is 4.79 Å². The number of carbonyl (C=O) groups is 1. The topological polar surface area (TPSA) is 17.1 Å². The number of ketones is 1. The minimum Gasteiger partial charge on any atom is -0.294 e. The number of carbonyl (C=O) groups excluding carboxylic acids is 1. The van der Waals surface area contributed by atoms with Gasteiger partial charge in [-0.25, -0.2) is 0 Å². The van der Waals surface area contributed by atoms with Gasteiger partial charge in [0, 0.05) is 6.42 Å². The van der Waals surface area contributed by atoms with Crippen LogP contribution in [-0.4, -0.2) is 5.78 Å². The van der Waals surface area contributed by atoms with Crippen molar-refractivity contribution in [3.05, 3.63) is 52.6 Å². The van der Waals surface area contributed by atoms with E-state index in [2.05, 4.69) is 31.2 Å². The van der Waals surface area contributed by atoms with Gasteiger partial charge in [-0.05, 0) is 60.0 Å². The Kier molecular flexibility index (Phi) is 3.37. The van der Waals surface area contributed by atoms with Crippen molar-refractivity contribution < 1.29 is 4.79 Å². The van der Waals surface area contributed by atoms with Crippen LogP contribution in [0.5, 0.6) is 0 Å². The molecular formula is C18H20O. The molecule has 0 saturated heterocycles. The molecule has 0 saturated carbocycles. The first-order valence-corrected chi connectivity index (χ1v) is 7.34. The molecule has 1 aromatic carbocycles. The van der Waals surface area contributed by atoms with Crippen LogP contribution >= 0.6 is 0 Å². The average molecular weight is 252 g/mol. The van der Waals surface area contributed by atoms with Gasteiger partial charge >= 0.3 is 0 Å². The summed E-state index contributed by atoms with van der Waals surface area (Å²) in [4.78, 5) is 12.2. The minimum atomic E-state index is 0.381. The van der Waals surface area contributed by atoms with Crippen LogP contribution in [0.15, 0.2) is 47.1 Å². The molecule has 1 heteroatoms. The predicted octanol–water partition coefficient (Wildman–Crippen LogP) is 4.69. The lowest BCUT2D eigenvalue weighted by molar-refractivity contribution is -0.114. The molecule has 1 nitrogen and oxygen atoms in total. The van der Waals surface area contributed by atoms with E-state index in [0.29, 0.717) is 12.2 Å². The fourth-order valence-electron chi connectivity index (χ4n) is 3.44. The molecule has 2 aliphatic carbocycles. The number of hydrogen-bond donors (Lipinski definition) is 0. The number of rotatable bonds is 2. The molecule has 0 fully saturated rings. The fourth-order valence-corrected chi connectivity index (χ4v) is 3.44. The standard InChI is InChI=1S/C18H20O/c1-2-14(13-8-4-3-5-9-13)17-12-18(19)16-11-7-6-10-15(16)17/h3-5,8-9H,2,6-7,10-12H2,1H3/b17-14-. The van der Waals surface area contributed by atoms with E-state index in [1.54, 1.807) is 0 Å². The van der Waals surface area contributed by atoms with Crippen LogP contribution in [0.1, 0.15) is 51.0 Å². The number of Topliss-reactive ketones (excluding diaryl/α,β-unsaturated/α-hetero) is 1. The first-order chi connectivity index (χ1) is 9.31. The van der Waals surface area contributed by atoms with Crippen LogP contribution in [0.4, 0.5) is 0 Å². The maximum atomic E-state index is 12.2. The zero-order chi connectivity index (χ0) is 13.2. The van der Waals surface area contributed by atoms with Crippen LogP contribution in [0.25, 0.3) is 5.57 Å². The highest BCUT2D eigenvalue weighted by Crippen LogP contribution is 2.42. The van der Waals surface area contributed by atoms with Gasteiger partial charge in [-0.3, -0.25) is 4.79 Å². The molecular weight excluding hydrogens is 232 g/mol. The molecule has 2 aliphatic rings. The lowest BCUT2D eigenvalue weighted by Crippen LogP contribution is -2.00. The Morgan fingerprint density at radius 3 is 2.42 bits per heavy atom. The van der Waals surface area contributed by atoms with Crippen LogP contribution in [0, 0.1) is 0 Å². The Hall–Kier alpha value is -1.63. The van der Waals surface area contributed by atoms with Gasteiger partial charge in [-0.2, -0.15) is 0 Å². The normalized spacial score (nSPS) is 21.6. The van der Waals surface area contributed by atoms with E-state index < -0.39 is 0 Å². The van der Waals surface area contributed by atoms with E-state index in [1.165, 1.54) is 35.1 Å². The maximum Gasteiger partial charge on any atom is 0.163 e. The van der Waals surface area contributed by atoms with Gasteiger partial charge in [0.25, 0.3) is 0 Å². The monoisotopic (exact) mass is 252 g/mol. The summed E-state index contributed by atoms with van der Waals surface area (Å²) in [6, 6.07) is 10.5. The van der Waals surface area contributed by atoms with Crippen LogP contribution in [0.3, 0.4) is 0 Å². The van der Waals surface area contributed by atoms with Crippen molar-refractivity contribution in [2.24, 2.45) is 0 Å². The molecule has 0 N–H and O–H groups in total. The van der Waals surface area contributed by atoms with Gasteiger partial charge in [0.05, 0.1) is 0 Å². The van der Waals surface area contributed by atoms with E-state index in [1.807, 2.05) is 6.07 Å². The Balaban J connectivity index is 2.11. The first kappa shape index (κ1) is 12.4. The summed E-state index contributed by atoms with van der Waals surface area (Å²) >= 11 is 0. The van der Waals surface area contributed by atoms with Crippen molar-refractivity contribution in [2.45, 2.75) is 45.4 Å². The zero-order valence-electron chi connectivity index (χ0n) is 11.5. The molecule has 0 unspecified atom stereocenters. The molecule has 19 heavy (non-hydrogen) atoms. The molecule has 0 heterocycles. The highest BCUT2D eigenvalue weighted by molar-refractivity contribution is 6.05. The SMILES string of the molecule is CC/C(=C1\CC(=O)C2=C1CCCC2)c1ccccc1. The second-order valence-electron chi connectivity index (χ2n) is 5.44. The third-order valence-electron chi connectivity index (χ3n) is 4.35. The fraction of sp³-hybridized carbons (Fsp3) is 0.389. The summed E-state index contributed by atoms with van der Waals surface area (Å²) < 4.78 is 0. The molecule has 0 atom stereocenters. The Labute approximate surface area is 115 Å². The summed E-state index contributed by atoms with van der Waals surface area (Å²) in [5.41, 5.74) is 6.53. The summed E-state index contributed by atoms with van der Waals surface area (Å²) in [6.45, 7) is 2.20. The van der Waals surface area contributed by atoms with Crippen molar-refractivity contribution >= 4 is 11.4 Å². The van der Waals surface area contributed by atoms with Gasteiger partial charge in [0.2, 0.25) is 0 Å². The van der Waals surface area contributed by atoms with Crippen LogP contribution in [0.2, 0.25) is 0 Å². The van der Waals surface area contributed by atoms with Crippen molar-refractivity contribution in [1.82, 2.24) is 0 Å². The quantitative estimate of drug-likeness (QED) is 0.746. The molecule has 0 aromatic heterocycles. The van der Waals surface area contributed by atoms with E-state index >= 15 is 0 Å². The summed E-state index contributed by atoms with van der Waals surface area (Å²) in [5.74, 6) is 0.381. The Morgan fingerprint density at radius 2 is 1.74 bits per heavy atom. The van der Waals surface area contributed by atoms with Crippen LogP contribution < -0.4 is 0 Å². The van der Waals surface area contributed by atoms with Crippen LogP contribution in [-0.2, 0) is 4.79 Å². The molecule has 98 valence electrons. The van der Waals surface area contributed by atoms with E-state index in [-0.39, 0.29) is 0 Å². The Bertz CT molecular complexity index is 561. The summed E-state index contributed by atoms with van der Waals surface area (Å²) in [7, 11) is 0. The highest BCUT2D eigenvalue weighted by Gasteiger charge is 2.30. The third kappa shape index (κ3) is 2.18. The van der Waals surface area contributed by atoms with Crippen molar-refractivity contribution in [1.29, 1.82) is 0 Å². The number of benzene rings is 1. The lowest BCUT2D eigenvalue weighted by atomic mass is 9.88. The third-order valence-corrected chi connectivity index (χ3v) is 4.35. The van der Waals surface area contributed by atoms with Crippen molar-refractivity contribution in [3.63, 3.8) is 0 Å². The second-order valence-corrected chi connectivity index (χ2v) is 5.44. The summed E-state index contributed by atoms with van der Waals surface area (Å²) in [6.07, 6.45) is 6.17. The largest absolute Gasteiger partial charge is 0.294 e. The number of allylic oxidation sites excluding steroid dienone is 4. The predicted molar refractivity (Wildman–Crippen MR) is 78.8 cm³/mol. The maximum absolute atomic E-state index is 12.2. The van der Waals surface area contributed by atoms with Gasteiger partial charge in [0.1, 0.15) is 0 Å². The summed E-state index contributed by atoms with van der Waals surface area (Å²) in [5, 5.41) is 0. The van der Waals surface area contributed by atoms with Gasteiger partial charge in [0.15, 0.2) is 5.78 Å². The van der Waals surface area contributed by atoms with Gasteiger partial charge < -0.3 is 0 Å². The second kappa shape index (κ2) is 5.16. The molecule has 0 spiro atoms. The molecule has 0 bridgehead atoms. The molecule has 0 amide bonds.